The Kier molecular flexibility index (Phi) is 8.48. The molecule has 0 aliphatic rings. The first-order chi connectivity index (χ1) is 14.3. The van der Waals surface area contributed by atoms with E-state index in [0.29, 0.717) is 35.1 Å². The summed E-state index contributed by atoms with van der Waals surface area (Å²) in [5, 5.41) is 18.6. The van der Waals surface area contributed by atoms with Crippen molar-refractivity contribution in [2.75, 3.05) is 13.2 Å². The lowest BCUT2D eigenvalue weighted by atomic mass is 9.93. The molecule has 0 heterocycles. The van der Waals surface area contributed by atoms with Crippen LogP contribution in [0.2, 0.25) is 0 Å². The number of nitrogens with two attached hydrogens (primary N) is 1. The topological polar surface area (TPSA) is 83.6 Å². The van der Waals surface area contributed by atoms with Crippen LogP contribution in [0.25, 0.3) is 11.1 Å². The van der Waals surface area contributed by atoms with Crippen molar-refractivity contribution in [2.24, 2.45) is 5.73 Å². The van der Waals surface area contributed by atoms with Gasteiger partial charge in [0.1, 0.15) is 5.82 Å². The number of carbonyl (C=O) groups is 1. The molecule has 31 heavy (non-hydrogen) atoms. The van der Waals surface area contributed by atoms with Gasteiger partial charge in [0, 0.05) is 16.7 Å². The molecular weight excluding hydrogens is 417 g/mol. The molecule has 0 radical (unpaired) electrons. The highest BCUT2D eigenvalue weighted by Gasteiger charge is 2.22. The van der Waals surface area contributed by atoms with Crippen LogP contribution in [0.1, 0.15) is 33.5 Å². The smallest absolute Gasteiger partial charge is 0.193 e. The van der Waals surface area contributed by atoms with Gasteiger partial charge < -0.3 is 15.9 Å². The van der Waals surface area contributed by atoms with Crippen molar-refractivity contribution < 1.29 is 19.4 Å². The van der Waals surface area contributed by atoms with Crippen molar-refractivity contribution >= 4 is 18.2 Å². The minimum Gasteiger partial charge on any atom is -0.394 e. The van der Waals surface area contributed by atoms with Crippen LogP contribution in [-0.4, -0.2) is 34.7 Å². The van der Waals surface area contributed by atoms with E-state index in [4.69, 9.17) is 5.73 Å². The monoisotopic (exact) mass is 443 g/mol. The van der Waals surface area contributed by atoms with Crippen molar-refractivity contribution in [1.29, 1.82) is 0 Å². The molecule has 0 bridgehead atoms. The third-order valence-electron chi connectivity index (χ3n) is 5.35. The van der Waals surface area contributed by atoms with Crippen molar-refractivity contribution in [2.45, 2.75) is 25.3 Å². The predicted molar refractivity (Wildman–Crippen MR) is 123 cm³/mol. The lowest BCUT2D eigenvalue weighted by Crippen LogP contribution is -2.47. The van der Waals surface area contributed by atoms with Crippen LogP contribution in [0, 0.1) is 12.7 Å². The van der Waals surface area contributed by atoms with Gasteiger partial charge in [-0.3, -0.25) is 4.79 Å². The molecule has 0 amide bonds. The molecule has 0 aromatic heterocycles. The van der Waals surface area contributed by atoms with Gasteiger partial charge in [-0.15, -0.1) is 12.4 Å². The molecule has 0 atom stereocenters. The Labute approximate surface area is 188 Å². The summed E-state index contributed by atoms with van der Waals surface area (Å²) in [7, 11) is 0. The lowest BCUT2D eigenvalue weighted by Gasteiger charge is -2.24. The number of aliphatic hydroxyl groups excluding tert-OH is 2. The standard InChI is InChI=1S/C25H26FNO3.ClH/c1-17-2-6-20(7-3-17)24(30)21-10-11-22(23(26)14-21)19-8-4-18(5-9-19)12-13-25(27,15-28)16-29;/h2-11,14,28-29H,12-13,15-16,27H2,1H3;1H. The largest absolute Gasteiger partial charge is 0.394 e. The zero-order valence-corrected chi connectivity index (χ0v) is 18.2. The third-order valence-corrected chi connectivity index (χ3v) is 5.35. The van der Waals surface area contributed by atoms with Crippen LogP contribution in [0.5, 0.6) is 0 Å². The summed E-state index contributed by atoms with van der Waals surface area (Å²) in [6.45, 7) is 1.36. The minimum absolute atomic E-state index is 0. The van der Waals surface area contributed by atoms with Gasteiger partial charge in [0.25, 0.3) is 0 Å². The van der Waals surface area contributed by atoms with Crippen molar-refractivity contribution in [3.63, 3.8) is 0 Å². The maximum Gasteiger partial charge on any atom is 0.193 e. The zero-order chi connectivity index (χ0) is 21.7. The number of benzene rings is 3. The second-order valence-electron chi connectivity index (χ2n) is 7.77. The SMILES string of the molecule is Cc1ccc(C(=O)c2ccc(-c3ccc(CCC(N)(CO)CO)cc3)c(F)c2)cc1.Cl. The van der Waals surface area contributed by atoms with E-state index in [0.717, 1.165) is 11.1 Å². The maximum atomic E-state index is 14.7. The Bertz CT molecular complexity index is 1020. The molecule has 3 aromatic rings. The molecule has 0 aliphatic carbocycles. The van der Waals surface area contributed by atoms with Gasteiger partial charge in [0.05, 0.1) is 18.8 Å². The average molecular weight is 444 g/mol. The number of carbonyl (C=O) groups excluding carboxylic acids is 1. The van der Waals surface area contributed by atoms with E-state index in [9.17, 15) is 19.4 Å². The van der Waals surface area contributed by atoms with E-state index < -0.39 is 11.4 Å². The van der Waals surface area contributed by atoms with Crippen molar-refractivity contribution in [3.8, 4) is 11.1 Å². The normalized spacial score (nSPS) is 11.1. The Balaban J connectivity index is 0.00000341. The molecule has 6 heteroatoms. The Hall–Kier alpha value is -2.57. The molecule has 0 saturated heterocycles. The average Bonchev–Trinajstić information content (AvgIpc) is 2.78. The first kappa shape index (κ1) is 24.7. The first-order valence-corrected chi connectivity index (χ1v) is 9.86. The number of hydrogen-bond donors (Lipinski definition) is 3. The fourth-order valence-electron chi connectivity index (χ4n) is 3.21. The molecule has 164 valence electrons. The number of rotatable bonds is 8. The van der Waals surface area contributed by atoms with Gasteiger partial charge >= 0.3 is 0 Å². The number of hydrogen-bond acceptors (Lipinski definition) is 4. The van der Waals surface area contributed by atoms with Crippen LogP contribution in [0.4, 0.5) is 4.39 Å². The molecule has 0 unspecified atom stereocenters. The van der Waals surface area contributed by atoms with E-state index in [1.54, 1.807) is 24.3 Å². The van der Waals surface area contributed by atoms with Gasteiger partial charge in [0.2, 0.25) is 0 Å². The molecule has 3 aromatic carbocycles. The van der Waals surface area contributed by atoms with E-state index in [1.165, 1.54) is 6.07 Å². The van der Waals surface area contributed by atoms with Crippen LogP contribution >= 0.6 is 12.4 Å². The van der Waals surface area contributed by atoms with Crippen LogP contribution in [0.15, 0.2) is 66.7 Å². The Morgan fingerprint density at radius 2 is 1.52 bits per heavy atom. The van der Waals surface area contributed by atoms with Gasteiger partial charge in [-0.25, -0.2) is 4.39 Å². The first-order valence-electron chi connectivity index (χ1n) is 9.86. The molecule has 3 rings (SSSR count). The zero-order valence-electron chi connectivity index (χ0n) is 17.3. The van der Waals surface area contributed by atoms with Crippen molar-refractivity contribution in [3.05, 3.63) is 94.8 Å². The van der Waals surface area contributed by atoms with Crippen LogP contribution < -0.4 is 5.73 Å². The van der Waals surface area contributed by atoms with Gasteiger partial charge in [-0.2, -0.15) is 0 Å². The Morgan fingerprint density at radius 1 is 0.935 bits per heavy atom. The highest BCUT2D eigenvalue weighted by atomic mass is 35.5. The number of aryl methyl sites for hydroxylation is 2. The number of aliphatic hydroxyl groups is 2. The van der Waals surface area contributed by atoms with E-state index in [1.807, 2.05) is 43.3 Å². The summed E-state index contributed by atoms with van der Waals surface area (Å²) < 4.78 is 14.7. The summed E-state index contributed by atoms with van der Waals surface area (Å²) >= 11 is 0. The van der Waals surface area contributed by atoms with Gasteiger partial charge in [-0.1, -0.05) is 66.2 Å². The fourth-order valence-corrected chi connectivity index (χ4v) is 3.21. The summed E-state index contributed by atoms with van der Waals surface area (Å²) in [4.78, 5) is 12.6. The van der Waals surface area contributed by atoms with Gasteiger partial charge in [-0.05, 0) is 37.0 Å². The predicted octanol–water partition coefficient (Wildman–Crippen LogP) is 4.07. The second-order valence-corrected chi connectivity index (χ2v) is 7.77. The summed E-state index contributed by atoms with van der Waals surface area (Å²) in [5.41, 5.74) is 8.87. The van der Waals surface area contributed by atoms with Crippen LogP contribution in [0.3, 0.4) is 0 Å². The van der Waals surface area contributed by atoms with E-state index >= 15 is 0 Å². The third kappa shape index (κ3) is 5.99. The number of halogens is 2. The van der Waals surface area contributed by atoms with E-state index in [2.05, 4.69) is 0 Å². The summed E-state index contributed by atoms with van der Waals surface area (Å²) in [6, 6.07) is 19.1. The van der Waals surface area contributed by atoms with Crippen LogP contribution in [-0.2, 0) is 6.42 Å². The molecule has 4 nitrogen and oxygen atoms in total. The highest BCUT2D eigenvalue weighted by molar-refractivity contribution is 6.09. The van der Waals surface area contributed by atoms with Crippen molar-refractivity contribution in [1.82, 2.24) is 0 Å². The molecular formula is C25H27ClFNO3. The Morgan fingerprint density at radius 3 is 2.06 bits per heavy atom. The maximum absolute atomic E-state index is 14.7. The summed E-state index contributed by atoms with van der Waals surface area (Å²) in [6.07, 6.45) is 1.02. The quantitative estimate of drug-likeness (QED) is 0.458. The molecule has 0 spiro atoms. The lowest BCUT2D eigenvalue weighted by molar-refractivity contribution is 0.103. The minimum atomic E-state index is -1.01. The number of ketones is 1. The van der Waals surface area contributed by atoms with E-state index in [-0.39, 0.29) is 31.4 Å². The molecule has 0 aliphatic heterocycles. The fraction of sp³-hybridized carbons (Fsp3) is 0.240. The summed E-state index contributed by atoms with van der Waals surface area (Å²) in [5.74, 6) is -0.670. The molecule has 0 fully saturated rings. The second kappa shape index (κ2) is 10.6. The molecule has 4 N–H and O–H groups in total. The van der Waals surface area contributed by atoms with Gasteiger partial charge in [0.15, 0.2) is 5.78 Å². The molecule has 0 saturated carbocycles. The highest BCUT2D eigenvalue weighted by Crippen LogP contribution is 2.26.